The van der Waals surface area contributed by atoms with E-state index in [4.69, 9.17) is 18.7 Å². The minimum absolute atomic E-state index is 0.129. The fourth-order valence-electron chi connectivity index (χ4n) is 3.43. The summed E-state index contributed by atoms with van der Waals surface area (Å²) >= 11 is 1.64. The molecule has 0 amide bonds. The summed E-state index contributed by atoms with van der Waals surface area (Å²) in [4.78, 5) is 12.8. The summed E-state index contributed by atoms with van der Waals surface area (Å²) in [6.07, 6.45) is 4.00. The van der Waals surface area contributed by atoms with Crippen molar-refractivity contribution >= 4 is 11.3 Å². The predicted molar refractivity (Wildman–Crippen MR) is 101 cm³/mol. The third-order valence-corrected chi connectivity index (χ3v) is 5.75. The van der Waals surface area contributed by atoms with Crippen LogP contribution in [0.2, 0.25) is 0 Å². The second-order valence-electron chi connectivity index (χ2n) is 6.77. The van der Waals surface area contributed by atoms with E-state index < -0.39 is 0 Å². The molecular formula is C19H24N4O3S. The molecule has 1 aliphatic heterocycles. The third kappa shape index (κ3) is 4.12. The van der Waals surface area contributed by atoms with Gasteiger partial charge in [0.2, 0.25) is 11.8 Å². The normalized spacial score (nSPS) is 18.2. The number of aromatic nitrogens is 3. The fraction of sp³-hybridized carbons (Fsp3) is 0.526. The van der Waals surface area contributed by atoms with Gasteiger partial charge in [-0.1, -0.05) is 17.6 Å². The summed E-state index contributed by atoms with van der Waals surface area (Å²) in [5.74, 6) is 2.97. The number of nitrogens with zero attached hydrogens (tertiary/aromatic N) is 4. The molecule has 1 atom stereocenters. The first-order chi connectivity index (χ1) is 13.2. The predicted octanol–water partition coefficient (Wildman–Crippen LogP) is 4.01. The van der Waals surface area contributed by atoms with Crippen LogP contribution in [0.1, 0.15) is 48.5 Å². The highest BCUT2D eigenvalue weighted by Crippen LogP contribution is 2.33. The first kappa shape index (κ1) is 18.3. The summed E-state index contributed by atoms with van der Waals surface area (Å²) in [5.41, 5.74) is 0.976. The molecule has 0 aliphatic carbocycles. The monoisotopic (exact) mass is 388 g/mol. The van der Waals surface area contributed by atoms with Gasteiger partial charge in [0.25, 0.3) is 0 Å². The fourth-order valence-corrected chi connectivity index (χ4v) is 4.08. The number of aryl methyl sites for hydroxylation is 1. The highest BCUT2D eigenvalue weighted by atomic mass is 32.1. The number of rotatable bonds is 7. The van der Waals surface area contributed by atoms with E-state index in [1.807, 2.05) is 24.4 Å². The van der Waals surface area contributed by atoms with Gasteiger partial charge in [-0.3, -0.25) is 4.90 Å². The van der Waals surface area contributed by atoms with Crippen LogP contribution in [0.15, 0.2) is 26.5 Å². The number of ether oxygens (including phenoxy) is 1. The zero-order chi connectivity index (χ0) is 18.6. The van der Waals surface area contributed by atoms with Crippen LogP contribution in [0.4, 0.5) is 0 Å². The third-order valence-electron chi connectivity index (χ3n) is 4.89. The van der Waals surface area contributed by atoms with E-state index >= 15 is 0 Å². The van der Waals surface area contributed by atoms with Crippen LogP contribution in [-0.2, 0) is 17.7 Å². The first-order valence-corrected chi connectivity index (χ1v) is 10.2. The minimum atomic E-state index is 0.129. The van der Waals surface area contributed by atoms with Crippen molar-refractivity contribution in [2.45, 2.75) is 45.2 Å². The maximum atomic E-state index is 5.90. The Bertz CT molecular complexity index is 858. The van der Waals surface area contributed by atoms with Gasteiger partial charge in [0.15, 0.2) is 5.82 Å². The zero-order valence-electron chi connectivity index (χ0n) is 15.7. The summed E-state index contributed by atoms with van der Waals surface area (Å²) < 4.78 is 16.6. The lowest BCUT2D eigenvalue weighted by Crippen LogP contribution is -2.33. The Labute approximate surface area is 162 Å². The van der Waals surface area contributed by atoms with Crippen LogP contribution < -0.4 is 0 Å². The van der Waals surface area contributed by atoms with Gasteiger partial charge in [-0.05, 0) is 37.8 Å². The molecule has 27 heavy (non-hydrogen) atoms. The Hall–Kier alpha value is -2.03. The van der Waals surface area contributed by atoms with Crippen molar-refractivity contribution in [2.75, 3.05) is 20.3 Å². The van der Waals surface area contributed by atoms with Gasteiger partial charge < -0.3 is 13.7 Å². The summed E-state index contributed by atoms with van der Waals surface area (Å²) in [7, 11) is 1.68. The number of hydrogen-bond donors (Lipinski definition) is 0. The number of likely N-dealkylation sites (tertiary alicyclic amines) is 1. The number of piperidine rings is 1. The molecule has 0 bridgehead atoms. The van der Waals surface area contributed by atoms with Crippen molar-refractivity contribution in [1.82, 2.24) is 20.0 Å². The van der Waals surface area contributed by atoms with E-state index in [0.717, 1.165) is 48.7 Å². The van der Waals surface area contributed by atoms with Crippen molar-refractivity contribution in [3.05, 3.63) is 40.7 Å². The smallest absolute Gasteiger partial charge is 0.244 e. The lowest BCUT2D eigenvalue weighted by atomic mass is 10.0. The van der Waals surface area contributed by atoms with Crippen molar-refractivity contribution in [2.24, 2.45) is 0 Å². The van der Waals surface area contributed by atoms with Crippen molar-refractivity contribution in [3.8, 4) is 10.8 Å². The molecule has 1 aliphatic rings. The summed E-state index contributed by atoms with van der Waals surface area (Å²) in [6.45, 7) is 4.28. The molecule has 0 saturated carbocycles. The molecule has 7 nitrogen and oxygen atoms in total. The van der Waals surface area contributed by atoms with E-state index in [2.05, 4.69) is 15.0 Å². The van der Waals surface area contributed by atoms with Crippen molar-refractivity contribution in [1.29, 1.82) is 0 Å². The highest BCUT2D eigenvalue weighted by Gasteiger charge is 2.30. The van der Waals surface area contributed by atoms with Gasteiger partial charge in [0, 0.05) is 20.1 Å². The number of hydrogen-bond acceptors (Lipinski definition) is 8. The highest BCUT2D eigenvalue weighted by molar-refractivity contribution is 7.13. The average molecular weight is 388 g/mol. The van der Waals surface area contributed by atoms with Crippen LogP contribution >= 0.6 is 11.3 Å². The molecule has 0 spiro atoms. The van der Waals surface area contributed by atoms with Crippen LogP contribution in [0.3, 0.4) is 0 Å². The maximum absolute atomic E-state index is 5.90. The molecule has 1 fully saturated rings. The minimum Gasteiger partial charge on any atom is -0.440 e. The maximum Gasteiger partial charge on any atom is 0.244 e. The molecule has 8 heteroatoms. The molecule has 0 N–H and O–H groups in total. The number of thiophene rings is 1. The first-order valence-electron chi connectivity index (χ1n) is 9.30. The van der Waals surface area contributed by atoms with E-state index in [-0.39, 0.29) is 6.04 Å². The SMILES string of the molecule is COCCc1noc(C2CCCCN2Cc2nc(-c3cccs3)oc2C)n1. The second-order valence-corrected chi connectivity index (χ2v) is 7.72. The van der Waals surface area contributed by atoms with Crippen LogP contribution in [-0.4, -0.2) is 40.3 Å². The molecule has 3 aromatic heterocycles. The van der Waals surface area contributed by atoms with Crippen LogP contribution in [0.5, 0.6) is 0 Å². The molecular weight excluding hydrogens is 364 g/mol. The van der Waals surface area contributed by atoms with E-state index in [1.165, 1.54) is 0 Å². The van der Waals surface area contributed by atoms with Gasteiger partial charge in [0.05, 0.1) is 23.2 Å². The van der Waals surface area contributed by atoms with Gasteiger partial charge >= 0.3 is 0 Å². The van der Waals surface area contributed by atoms with Gasteiger partial charge in [-0.2, -0.15) is 4.98 Å². The Balaban J connectivity index is 1.50. The van der Waals surface area contributed by atoms with Crippen LogP contribution in [0, 0.1) is 6.92 Å². The van der Waals surface area contributed by atoms with E-state index in [1.54, 1.807) is 18.4 Å². The average Bonchev–Trinajstić information content (AvgIpc) is 3.42. The summed E-state index contributed by atoms with van der Waals surface area (Å²) in [6, 6.07) is 4.17. The number of oxazole rings is 1. The lowest BCUT2D eigenvalue weighted by molar-refractivity contribution is 0.110. The Morgan fingerprint density at radius 2 is 2.26 bits per heavy atom. The molecule has 3 aromatic rings. The molecule has 1 unspecified atom stereocenters. The Morgan fingerprint density at radius 1 is 1.33 bits per heavy atom. The Kier molecular flexibility index (Phi) is 5.66. The quantitative estimate of drug-likeness (QED) is 0.605. The topological polar surface area (TPSA) is 77.4 Å². The zero-order valence-corrected chi connectivity index (χ0v) is 16.5. The Morgan fingerprint density at radius 3 is 3.07 bits per heavy atom. The van der Waals surface area contributed by atoms with Crippen molar-refractivity contribution in [3.63, 3.8) is 0 Å². The molecule has 0 aromatic carbocycles. The van der Waals surface area contributed by atoms with Gasteiger partial charge in [0.1, 0.15) is 5.76 Å². The van der Waals surface area contributed by atoms with E-state index in [9.17, 15) is 0 Å². The molecule has 1 saturated heterocycles. The largest absolute Gasteiger partial charge is 0.440 e. The van der Waals surface area contributed by atoms with Gasteiger partial charge in [-0.15, -0.1) is 11.3 Å². The number of methoxy groups -OCH3 is 1. The summed E-state index contributed by atoms with van der Waals surface area (Å²) in [5, 5.41) is 6.13. The van der Waals surface area contributed by atoms with Crippen molar-refractivity contribution < 1.29 is 13.7 Å². The molecule has 4 rings (SSSR count). The lowest BCUT2D eigenvalue weighted by Gasteiger charge is -2.32. The van der Waals surface area contributed by atoms with E-state index in [0.29, 0.717) is 30.6 Å². The standard InChI is InChI=1S/C19H24N4O3S/c1-13-14(20-19(25-13)16-7-5-11-27-16)12-23-9-4-3-6-15(23)18-21-17(22-26-18)8-10-24-2/h5,7,11,15H,3-4,6,8-10,12H2,1-2H3. The van der Waals surface area contributed by atoms with Crippen LogP contribution in [0.25, 0.3) is 10.8 Å². The molecule has 4 heterocycles. The molecule has 0 radical (unpaired) electrons. The van der Waals surface area contributed by atoms with Gasteiger partial charge in [-0.25, -0.2) is 4.98 Å². The second kappa shape index (κ2) is 8.33. The molecule has 144 valence electrons.